The predicted molar refractivity (Wildman–Crippen MR) is 133 cm³/mol. The van der Waals surface area contributed by atoms with Gasteiger partial charge in [0.2, 0.25) is 11.6 Å². The molecular weight excluding hydrogens is 487 g/mol. The molecule has 0 radical (unpaired) electrons. The normalized spacial score (nSPS) is 43.6. The van der Waals surface area contributed by atoms with E-state index in [1.807, 2.05) is 20.8 Å². The van der Waals surface area contributed by atoms with Crippen LogP contribution in [0.5, 0.6) is 0 Å². The molecule has 4 aliphatic rings. The molecule has 6 nitrogen and oxygen atoms in total. The monoisotopic (exact) mass is 524 g/mol. The first-order chi connectivity index (χ1) is 16.8. The van der Waals surface area contributed by atoms with Crippen LogP contribution in [-0.2, 0) is 19.1 Å². The zero-order valence-corrected chi connectivity index (χ0v) is 22.4. The van der Waals surface area contributed by atoms with Gasteiger partial charge in [-0.3, -0.25) is 14.4 Å². The molecule has 0 bridgehead atoms. The van der Waals surface area contributed by atoms with Gasteiger partial charge >= 0.3 is 5.97 Å². The van der Waals surface area contributed by atoms with Crippen molar-refractivity contribution in [1.82, 2.24) is 0 Å². The lowest BCUT2D eigenvalue weighted by molar-refractivity contribution is -0.203. The number of ether oxygens (including phenoxy) is 1. The van der Waals surface area contributed by atoms with E-state index >= 15 is 0 Å². The average Bonchev–Trinajstić information content (AvgIpc) is 3.04. The van der Waals surface area contributed by atoms with Crippen LogP contribution < -0.4 is 0 Å². The molecule has 3 fully saturated rings. The zero-order chi connectivity index (χ0) is 26.7. The van der Waals surface area contributed by atoms with Crippen LogP contribution in [0.3, 0.4) is 0 Å². The maximum Gasteiger partial charge on any atom is 0.306 e. The molecule has 3 saturated carbocycles. The Bertz CT molecular complexity index is 1020. The summed E-state index contributed by atoms with van der Waals surface area (Å²) in [5.74, 6) is -3.49. The van der Waals surface area contributed by atoms with Crippen molar-refractivity contribution in [3.63, 3.8) is 0 Å². The van der Waals surface area contributed by atoms with Crippen LogP contribution in [0.1, 0.15) is 79.1 Å². The summed E-state index contributed by atoms with van der Waals surface area (Å²) in [4.78, 5) is 37.2. The number of aliphatic hydroxyl groups excluding tert-OH is 2. The minimum absolute atomic E-state index is 0.0439. The summed E-state index contributed by atoms with van der Waals surface area (Å²) in [5, 5.41) is 21.7. The molecule has 36 heavy (non-hydrogen) atoms. The summed E-state index contributed by atoms with van der Waals surface area (Å²) in [6, 6.07) is 0. The van der Waals surface area contributed by atoms with Gasteiger partial charge in [0, 0.05) is 23.2 Å². The van der Waals surface area contributed by atoms with Gasteiger partial charge in [0.05, 0.1) is 11.0 Å². The van der Waals surface area contributed by atoms with Crippen LogP contribution in [0.2, 0.25) is 0 Å². The molecule has 0 aliphatic heterocycles. The number of allylic oxidation sites excluding steroid dienone is 4. The molecule has 2 N–H and O–H groups in total. The van der Waals surface area contributed by atoms with Crippen LogP contribution in [0.25, 0.3) is 0 Å². The number of alkyl halides is 1. The number of aliphatic hydroxyl groups is 2. The first-order valence-electron chi connectivity index (χ1n) is 13.2. The summed E-state index contributed by atoms with van der Waals surface area (Å²) in [5.41, 5.74) is -3.33. The molecule has 8 atom stereocenters. The molecular formula is C28H38ClFO6. The average molecular weight is 525 g/mol. The molecule has 4 aliphatic carbocycles. The highest BCUT2D eigenvalue weighted by molar-refractivity contribution is 6.26. The van der Waals surface area contributed by atoms with E-state index in [1.54, 1.807) is 13.0 Å². The van der Waals surface area contributed by atoms with E-state index in [4.69, 9.17) is 16.3 Å². The molecule has 0 heterocycles. The van der Waals surface area contributed by atoms with Crippen molar-refractivity contribution < 1.29 is 33.7 Å². The number of Topliss-reactive ketones (excluding diaryl/α,β-unsaturated/α-hetero) is 1. The third-order valence-corrected chi connectivity index (χ3v) is 11.0. The lowest BCUT2D eigenvalue weighted by Gasteiger charge is -2.64. The number of carbonyl (C=O) groups excluding carboxylic acids is 3. The Labute approximate surface area is 217 Å². The first kappa shape index (κ1) is 27.5. The van der Waals surface area contributed by atoms with E-state index in [1.165, 1.54) is 6.08 Å². The van der Waals surface area contributed by atoms with Crippen molar-refractivity contribution >= 4 is 29.1 Å². The number of hydrogen-bond donors (Lipinski definition) is 2. The summed E-state index contributed by atoms with van der Waals surface area (Å²) in [6.45, 7) is 6.75. The Kier molecular flexibility index (Phi) is 7.11. The number of esters is 1. The predicted octanol–water partition coefficient (Wildman–Crippen LogP) is 4.59. The molecule has 200 valence electrons. The second kappa shape index (κ2) is 9.32. The number of unbranched alkanes of at least 4 members (excludes halogenated alkanes) is 2. The fraction of sp³-hybridized carbons (Fsp3) is 0.750. The van der Waals surface area contributed by atoms with Crippen molar-refractivity contribution in [1.29, 1.82) is 0 Å². The van der Waals surface area contributed by atoms with Crippen LogP contribution in [0.4, 0.5) is 4.39 Å². The topological polar surface area (TPSA) is 101 Å². The van der Waals surface area contributed by atoms with Crippen molar-refractivity contribution in [2.24, 2.45) is 28.6 Å². The van der Waals surface area contributed by atoms with Gasteiger partial charge in [-0.15, -0.1) is 11.6 Å². The number of halogens is 2. The minimum atomic E-state index is -1.59. The molecule has 0 aromatic heterocycles. The Morgan fingerprint density at radius 1 is 1.25 bits per heavy atom. The van der Waals surface area contributed by atoms with E-state index < -0.39 is 63.3 Å². The molecule has 0 saturated heterocycles. The van der Waals surface area contributed by atoms with Crippen LogP contribution in [0.15, 0.2) is 23.6 Å². The van der Waals surface area contributed by atoms with Crippen molar-refractivity contribution in [3.8, 4) is 0 Å². The van der Waals surface area contributed by atoms with Crippen LogP contribution >= 0.6 is 11.6 Å². The van der Waals surface area contributed by atoms with Gasteiger partial charge in [-0.05, 0) is 55.6 Å². The SMILES string of the molecule is CCCCCC(=O)O[C@]1(C(=O)CO)C(C)C[C@H]2[C@@H]3CCC4=C(F)C(=O)C=C[C@]4(C)[C@@]3(Cl)C(O)C[C@@]21C. The lowest BCUT2D eigenvalue weighted by atomic mass is 9.45. The smallest absolute Gasteiger partial charge is 0.306 e. The molecule has 0 amide bonds. The van der Waals surface area contributed by atoms with Gasteiger partial charge < -0.3 is 14.9 Å². The number of ketones is 2. The van der Waals surface area contributed by atoms with Crippen molar-refractivity contribution in [3.05, 3.63) is 23.6 Å². The third-order valence-electron chi connectivity index (χ3n) is 10.1. The Balaban J connectivity index is 1.78. The third kappa shape index (κ3) is 3.45. The largest absolute Gasteiger partial charge is 0.450 e. The van der Waals surface area contributed by atoms with Gasteiger partial charge in [-0.25, -0.2) is 4.39 Å². The van der Waals surface area contributed by atoms with E-state index in [2.05, 4.69) is 0 Å². The van der Waals surface area contributed by atoms with Crippen LogP contribution in [0, 0.1) is 28.6 Å². The van der Waals surface area contributed by atoms with Crippen molar-refractivity contribution in [2.75, 3.05) is 6.61 Å². The van der Waals surface area contributed by atoms with Gasteiger partial charge in [0.1, 0.15) is 6.61 Å². The highest BCUT2D eigenvalue weighted by atomic mass is 35.5. The summed E-state index contributed by atoms with van der Waals surface area (Å²) >= 11 is 7.37. The Morgan fingerprint density at radius 2 is 1.94 bits per heavy atom. The molecule has 0 aromatic rings. The summed E-state index contributed by atoms with van der Waals surface area (Å²) in [6.07, 6.45) is 5.56. The number of fused-ring (bicyclic) bond motifs is 5. The summed E-state index contributed by atoms with van der Waals surface area (Å²) < 4.78 is 21.0. The highest BCUT2D eigenvalue weighted by Gasteiger charge is 2.76. The van der Waals surface area contributed by atoms with Crippen LogP contribution in [-0.4, -0.2) is 50.9 Å². The van der Waals surface area contributed by atoms with Crippen molar-refractivity contribution in [2.45, 2.75) is 95.6 Å². The van der Waals surface area contributed by atoms with Gasteiger partial charge in [-0.1, -0.05) is 46.6 Å². The second-order valence-corrected chi connectivity index (χ2v) is 12.4. The minimum Gasteiger partial charge on any atom is -0.450 e. The van der Waals surface area contributed by atoms with E-state index in [0.717, 1.165) is 12.8 Å². The first-order valence-corrected chi connectivity index (χ1v) is 13.6. The standard InChI is InChI=1S/C28H38ClFO6/c1-5-6-7-8-23(35)36-28(22(34)15-31)16(2)13-19-17-9-10-18-24(30)20(32)11-12-25(18,3)27(17,29)21(33)14-26(19,28)4/h11-12,16-17,19,21,31,33H,5-10,13-15H2,1-4H3/t16?,17-,19-,21?,25-,26-,27-,28-/m0/s1. The van der Waals surface area contributed by atoms with E-state index in [9.17, 15) is 29.0 Å². The van der Waals surface area contributed by atoms with E-state index in [0.29, 0.717) is 31.3 Å². The fourth-order valence-corrected chi connectivity index (χ4v) is 8.86. The number of hydrogen-bond acceptors (Lipinski definition) is 6. The van der Waals surface area contributed by atoms with E-state index in [-0.39, 0.29) is 24.7 Å². The Morgan fingerprint density at radius 3 is 2.58 bits per heavy atom. The molecule has 2 unspecified atom stereocenters. The Hall–Kier alpha value is -1.57. The number of rotatable bonds is 7. The highest BCUT2D eigenvalue weighted by Crippen LogP contribution is 2.72. The van der Waals surface area contributed by atoms with Gasteiger partial charge in [-0.2, -0.15) is 0 Å². The quantitative estimate of drug-likeness (QED) is 0.287. The summed E-state index contributed by atoms with van der Waals surface area (Å²) in [7, 11) is 0. The molecule has 0 spiro atoms. The fourth-order valence-electron chi connectivity index (χ4n) is 8.34. The number of carbonyl (C=O) groups is 3. The van der Waals surface area contributed by atoms with Gasteiger partial charge in [0.25, 0.3) is 0 Å². The zero-order valence-electron chi connectivity index (χ0n) is 21.6. The second-order valence-electron chi connectivity index (χ2n) is 11.7. The maximum atomic E-state index is 15.0. The molecule has 0 aromatic carbocycles. The van der Waals surface area contributed by atoms with Gasteiger partial charge in [0.15, 0.2) is 11.4 Å². The lowest BCUT2D eigenvalue weighted by Crippen LogP contribution is -2.69. The maximum absolute atomic E-state index is 15.0. The molecule has 4 rings (SSSR count). The molecule has 8 heteroatoms.